The Hall–Kier alpha value is -3.85. The van der Waals surface area contributed by atoms with Crippen molar-refractivity contribution in [2.45, 2.75) is 27.7 Å². The first-order valence-electron chi connectivity index (χ1n) is 13.1. The lowest BCUT2D eigenvalue weighted by Gasteiger charge is -2.35. The SMILES string of the molecule is CCN(CC)C1=C2C(=Cc3cccc(N(CC)CC)c32)C(=O)C(c2ccccc2)=C1c1ccccc1. The second-order valence-electron chi connectivity index (χ2n) is 9.18. The second-order valence-corrected chi connectivity index (χ2v) is 9.18. The van der Waals surface area contributed by atoms with Gasteiger partial charge in [-0.3, -0.25) is 4.79 Å². The summed E-state index contributed by atoms with van der Waals surface area (Å²) in [5, 5.41) is 0. The molecule has 3 aromatic rings. The first-order chi connectivity index (χ1) is 17.6. The van der Waals surface area contributed by atoms with Crippen molar-refractivity contribution in [3.63, 3.8) is 0 Å². The highest BCUT2D eigenvalue weighted by Crippen LogP contribution is 2.52. The molecule has 0 spiro atoms. The maximum absolute atomic E-state index is 14.4. The van der Waals surface area contributed by atoms with Gasteiger partial charge in [-0.25, -0.2) is 0 Å². The standard InChI is InChI=1S/C33H34N2O/c1-5-34(6-2)27-21-15-20-25-22-26-31(28(25)27)32(35(7-3)8-4)29(23-16-11-9-12-17-23)30(33(26)36)24-18-13-10-14-19-24/h9-22H,5-8H2,1-4H3. The van der Waals surface area contributed by atoms with E-state index in [4.69, 9.17) is 0 Å². The highest BCUT2D eigenvalue weighted by atomic mass is 16.1. The van der Waals surface area contributed by atoms with Crippen LogP contribution in [0.25, 0.3) is 22.8 Å². The van der Waals surface area contributed by atoms with E-state index in [1.807, 2.05) is 24.3 Å². The number of anilines is 1. The van der Waals surface area contributed by atoms with Gasteiger partial charge in [0.15, 0.2) is 5.78 Å². The molecule has 0 radical (unpaired) electrons. The smallest absolute Gasteiger partial charge is 0.195 e. The van der Waals surface area contributed by atoms with Gasteiger partial charge in [-0.2, -0.15) is 0 Å². The van der Waals surface area contributed by atoms with E-state index in [0.717, 1.165) is 70.9 Å². The third kappa shape index (κ3) is 3.80. The number of ketones is 1. The van der Waals surface area contributed by atoms with Crippen LogP contribution >= 0.6 is 0 Å². The molecule has 0 heterocycles. The minimum atomic E-state index is 0.104. The van der Waals surface area contributed by atoms with Gasteiger partial charge in [-0.05, 0) is 56.5 Å². The Morgan fingerprint density at radius 3 is 1.69 bits per heavy atom. The van der Waals surface area contributed by atoms with Gasteiger partial charge in [-0.15, -0.1) is 0 Å². The summed E-state index contributed by atoms with van der Waals surface area (Å²) < 4.78 is 0. The van der Waals surface area contributed by atoms with E-state index in [1.54, 1.807) is 0 Å². The van der Waals surface area contributed by atoms with Crippen molar-refractivity contribution < 1.29 is 4.79 Å². The van der Waals surface area contributed by atoms with Gasteiger partial charge in [0.25, 0.3) is 0 Å². The van der Waals surface area contributed by atoms with Gasteiger partial charge in [0.05, 0.1) is 5.70 Å². The average molecular weight is 475 g/mol. The van der Waals surface area contributed by atoms with Crippen molar-refractivity contribution in [3.8, 4) is 0 Å². The molecule has 0 N–H and O–H groups in total. The molecule has 0 fully saturated rings. The summed E-state index contributed by atoms with van der Waals surface area (Å²) >= 11 is 0. The number of allylic oxidation sites excluding steroid dienone is 4. The Morgan fingerprint density at radius 1 is 0.583 bits per heavy atom. The zero-order chi connectivity index (χ0) is 25.2. The van der Waals surface area contributed by atoms with E-state index < -0.39 is 0 Å². The average Bonchev–Trinajstić information content (AvgIpc) is 3.32. The Balaban J connectivity index is 1.93. The Kier molecular flexibility index (Phi) is 6.65. The predicted octanol–water partition coefficient (Wildman–Crippen LogP) is 7.18. The normalized spacial score (nSPS) is 14.6. The Morgan fingerprint density at radius 2 is 1.14 bits per heavy atom. The lowest BCUT2D eigenvalue weighted by Crippen LogP contribution is -2.29. The van der Waals surface area contributed by atoms with E-state index in [0.29, 0.717) is 0 Å². The summed E-state index contributed by atoms with van der Waals surface area (Å²) in [5.41, 5.74) is 10.4. The van der Waals surface area contributed by atoms with Crippen molar-refractivity contribution in [1.82, 2.24) is 4.90 Å². The lowest BCUT2D eigenvalue weighted by molar-refractivity contribution is -0.110. The molecule has 0 bridgehead atoms. The third-order valence-electron chi connectivity index (χ3n) is 7.40. The van der Waals surface area contributed by atoms with Gasteiger partial charge >= 0.3 is 0 Å². The zero-order valence-corrected chi connectivity index (χ0v) is 21.7. The highest BCUT2D eigenvalue weighted by molar-refractivity contribution is 6.45. The van der Waals surface area contributed by atoms with Crippen LogP contribution in [0.1, 0.15) is 49.9 Å². The number of carbonyl (C=O) groups is 1. The van der Waals surface area contributed by atoms with Crippen molar-refractivity contribution in [1.29, 1.82) is 0 Å². The van der Waals surface area contributed by atoms with Crippen LogP contribution in [0, 0.1) is 0 Å². The van der Waals surface area contributed by atoms with Gasteiger partial charge in [0.1, 0.15) is 0 Å². The number of likely N-dealkylation sites (N-methyl/N-ethyl adjacent to an activating group) is 1. The first kappa shape index (κ1) is 23.9. The molecule has 36 heavy (non-hydrogen) atoms. The van der Waals surface area contributed by atoms with Crippen molar-refractivity contribution in [2.75, 3.05) is 31.1 Å². The molecule has 182 valence electrons. The fourth-order valence-electron chi connectivity index (χ4n) is 5.68. The number of rotatable bonds is 8. The molecule has 3 aromatic carbocycles. The molecule has 3 heteroatoms. The van der Waals surface area contributed by atoms with E-state index in [1.165, 1.54) is 11.3 Å². The maximum Gasteiger partial charge on any atom is 0.195 e. The molecule has 2 aliphatic rings. The van der Waals surface area contributed by atoms with Crippen LogP contribution in [0.3, 0.4) is 0 Å². The number of nitrogens with zero attached hydrogens (tertiary/aromatic N) is 2. The Labute approximate surface area is 215 Å². The predicted molar refractivity (Wildman–Crippen MR) is 153 cm³/mol. The van der Waals surface area contributed by atoms with Crippen LogP contribution in [-0.4, -0.2) is 36.9 Å². The van der Waals surface area contributed by atoms with Crippen LogP contribution in [0.15, 0.2) is 90.1 Å². The van der Waals surface area contributed by atoms with Gasteiger partial charge in [0, 0.05) is 59.7 Å². The van der Waals surface area contributed by atoms with E-state index in [-0.39, 0.29) is 5.78 Å². The van der Waals surface area contributed by atoms with Gasteiger partial charge in [-0.1, -0.05) is 72.8 Å². The number of hydrogen-bond donors (Lipinski definition) is 0. The molecule has 0 aromatic heterocycles. The summed E-state index contributed by atoms with van der Waals surface area (Å²) in [5.74, 6) is 0.104. The van der Waals surface area contributed by atoms with Crippen LogP contribution < -0.4 is 4.90 Å². The van der Waals surface area contributed by atoms with Crippen molar-refractivity contribution in [2.24, 2.45) is 0 Å². The fourth-order valence-corrected chi connectivity index (χ4v) is 5.68. The Bertz CT molecular complexity index is 1370. The quantitative estimate of drug-likeness (QED) is 0.346. The monoisotopic (exact) mass is 474 g/mol. The van der Waals surface area contributed by atoms with E-state index in [2.05, 4.69) is 98.2 Å². The van der Waals surface area contributed by atoms with Crippen LogP contribution in [-0.2, 0) is 4.79 Å². The number of fused-ring (bicyclic) bond motifs is 3. The molecule has 2 aliphatic carbocycles. The summed E-state index contributed by atoms with van der Waals surface area (Å²) in [7, 11) is 0. The molecular weight excluding hydrogens is 440 g/mol. The summed E-state index contributed by atoms with van der Waals surface area (Å²) in [6.45, 7) is 12.3. The van der Waals surface area contributed by atoms with Crippen molar-refractivity contribution in [3.05, 3.63) is 112 Å². The number of hydrogen-bond acceptors (Lipinski definition) is 3. The third-order valence-corrected chi connectivity index (χ3v) is 7.40. The molecular formula is C33H34N2O. The molecule has 0 atom stereocenters. The number of Topliss-reactive ketones (excluding diaryl/α,β-unsaturated/α-hetero) is 1. The van der Waals surface area contributed by atoms with Crippen molar-refractivity contribution >= 4 is 34.3 Å². The largest absolute Gasteiger partial charge is 0.372 e. The van der Waals surface area contributed by atoms with E-state index in [9.17, 15) is 4.79 Å². The minimum Gasteiger partial charge on any atom is -0.372 e. The highest BCUT2D eigenvalue weighted by Gasteiger charge is 2.40. The molecule has 0 unspecified atom stereocenters. The summed E-state index contributed by atoms with van der Waals surface area (Å²) in [6, 6.07) is 27.1. The summed E-state index contributed by atoms with van der Waals surface area (Å²) in [6.07, 6.45) is 2.12. The van der Waals surface area contributed by atoms with E-state index >= 15 is 0 Å². The fraction of sp³-hybridized carbons (Fsp3) is 0.242. The summed E-state index contributed by atoms with van der Waals surface area (Å²) in [4.78, 5) is 19.3. The minimum absolute atomic E-state index is 0.104. The maximum atomic E-state index is 14.4. The van der Waals surface area contributed by atoms with Crippen LogP contribution in [0.4, 0.5) is 5.69 Å². The first-order valence-corrected chi connectivity index (χ1v) is 13.1. The lowest BCUT2D eigenvalue weighted by atomic mass is 9.78. The van der Waals surface area contributed by atoms with Crippen LogP contribution in [0.5, 0.6) is 0 Å². The zero-order valence-electron chi connectivity index (χ0n) is 21.7. The topological polar surface area (TPSA) is 23.6 Å². The number of carbonyl (C=O) groups excluding carboxylic acids is 1. The van der Waals surface area contributed by atoms with Gasteiger partial charge < -0.3 is 9.80 Å². The number of benzene rings is 3. The molecule has 0 amide bonds. The van der Waals surface area contributed by atoms with Gasteiger partial charge in [0.2, 0.25) is 0 Å². The molecule has 0 aliphatic heterocycles. The molecule has 5 rings (SSSR count). The molecule has 3 nitrogen and oxygen atoms in total. The van der Waals surface area contributed by atoms with Crippen LogP contribution in [0.2, 0.25) is 0 Å². The molecule has 0 saturated heterocycles. The molecule has 0 saturated carbocycles. The second kappa shape index (κ2) is 10.0.